The van der Waals surface area contributed by atoms with Crippen molar-refractivity contribution in [2.45, 2.75) is 31.7 Å². The van der Waals surface area contributed by atoms with E-state index in [1.807, 2.05) is 6.92 Å². The second-order valence-corrected chi connectivity index (χ2v) is 3.57. The molecule has 0 aromatic carbocycles. The number of thioether (sulfide) groups is 1. The summed E-state index contributed by atoms with van der Waals surface area (Å²) in [6.45, 7) is 3.68. The molecule has 0 radical (unpaired) electrons. The van der Waals surface area contributed by atoms with E-state index >= 15 is 0 Å². The number of hydrogen-bond donors (Lipinski definition) is 0. The molecule has 0 amide bonds. The Hall–Kier alpha value is 0.140. The second kappa shape index (κ2) is 4.11. The zero-order chi connectivity index (χ0) is 8.20. The molecule has 0 aromatic heterocycles. The lowest BCUT2D eigenvalue weighted by molar-refractivity contribution is -0.105. The van der Waals surface area contributed by atoms with Crippen LogP contribution in [-0.4, -0.2) is 17.2 Å². The minimum absolute atomic E-state index is 0.113. The Labute approximate surface area is 63.2 Å². The van der Waals surface area contributed by atoms with Crippen LogP contribution in [0.2, 0.25) is 0 Å². The molecule has 1 atom stereocenters. The first-order valence-electron chi connectivity index (χ1n) is 3.14. The smallest absolute Gasteiger partial charge is 0.170 e. The van der Waals surface area contributed by atoms with Crippen molar-refractivity contribution in [3.8, 4) is 0 Å². The third-order valence-electron chi connectivity index (χ3n) is 1.11. The minimum Gasteiger partial charge on any atom is -0.170 e. The maximum Gasteiger partial charge on any atom is 0.397 e. The number of halogens is 3. The fourth-order valence-corrected chi connectivity index (χ4v) is 1.06. The summed E-state index contributed by atoms with van der Waals surface area (Å²) in [5, 5.41) is 0.113. The molecule has 0 aromatic rings. The van der Waals surface area contributed by atoms with Crippen molar-refractivity contribution in [1.82, 2.24) is 0 Å². The van der Waals surface area contributed by atoms with E-state index in [2.05, 4.69) is 0 Å². The van der Waals surface area contributed by atoms with Gasteiger partial charge in [0.2, 0.25) is 0 Å². The van der Waals surface area contributed by atoms with Crippen molar-refractivity contribution >= 4 is 11.8 Å². The van der Waals surface area contributed by atoms with Gasteiger partial charge in [0, 0.05) is 5.25 Å². The molecular weight excluding hydrogens is 161 g/mol. The fourth-order valence-electron chi connectivity index (χ4n) is 0.355. The summed E-state index contributed by atoms with van der Waals surface area (Å²) >= 11 is 0.958. The average Bonchev–Trinajstić information content (AvgIpc) is 1.81. The van der Waals surface area contributed by atoms with E-state index < -0.39 is 11.9 Å². The predicted octanol–water partition coefficient (Wildman–Crippen LogP) is 3.08. The van der Waals surface area contributed by atoms with Gasteiger partial charge >= 0.3 is 6.18 Å². The topological polar surface area (TPSA) is 0 Å². The van der Waals surface area contributed by atoms with Crippen LogP contribution in [0.5, 0.6) is 0 Å². The molecule has 1 unspecified atom stereocenters. The van der Waals surface area contributed by atoms with Crippen molar-refractivity contribution in [1.29, 1.82) is 0 Å². The van der Waals surface area contributed by atoms with Gasteiger partial charge in [-0.25, -0.2) is 0 Å². The van der Waals surface area contributed by atoms with Crippen LogP contribution < -0.4 is 0 Å². The summed E-state index contributed by atoms with van der Waals surface area (Å²) < 4.78 is 34.6. The van der Waals surface area contributed by atoms with E-state index in [-0.39, 0.29) is 5.25 Å². The molecule has 0 nitrogen and oxygen atoms in total. The van der Waals surface area contributed by atoms with Gasteiger partial charge in [-0.2, -0.15) is 13.2 Å². The van der Waals surface area contributed by atoms with E-state index in [9.17, 15) is 13.2 Å². The quantitative estimate of drug-likeness (QED) is 0.630. The van der Waals surface area contributed by atoms with Crippen molar-refractivity contribution < 1.29 is 13.2 Å². The second-order valence-electron chi connectivity index (χ2n) is 2.15. The third-order valence-corrected chi connectivity index (χ3v) is 2.50. The molecule has 0 aliphatic heterocycles. The van der Waals surface area contributed by atoms with Crippen molar-refractivity contribution in [3.63, 3.8) is 0 Å². The largest absolute Gasteiger partial charge is 0.397 e. The molecule has 0 saturated heterocycles. The lowest BCUT2D eigenvalue weighted by Crippen LogP contribution is -2.13. The monoisotopic (exact) mass is 172 g/mol. The molecule has 0 saturated carbocycles. The maximum atomic E-state index is 11.5. The first kappa shape index (κ1) is 10.1. The maximum absolute atomic E-state index is 11.5. The molecule has 0 aliphatic carbocycles. The van der Waals surface area contributed by atoms with Gasteiger partial charge in [0.1, 0.15) is 0 Å². The molecule has 10 heavy (non-hydrogen) atoms. The van der Waals surface area contributed by atoms with E-state index in [1.54, 1.807) is 6.92 Å². The van der Waals surface area contributed by atoms with Crippen LogP contribution >= 0.6 is 11.8 Å². The van der Waals surface area contributed by atoms with Gasteiger partial charge in [0.25, 0.3) is 0 Å². The highest BCUT2D eigenvalue weighted by Crippen LogP contribution is 2.24. The average molecular weight is 172 g/mol. The summed E-state index contributed by atoms with van der Waals surface area (Å²) in [4.78, 5) is 0. The Balaban J connectivity index is 3.36. The lowest BCUT2D eigenvalue weighted by Gasteiger charge is -2.09. The van der Waals surface area contributed by atoms with Crippen LogP contribution in [0.3, 0.4) is 0 Å². The zero-order valence-corrected chi connectivity index (χ0v) is 6.85. The van der Waals surface area contributed by atoms with E-state index in [4.69, 9.17) is 0 Å². The van der Waals surface area contributed by atoms with Gasteiger partial charge in [0.05, 0.1) is 5.75 Å². The van der Waals surface area contributed by atoms with Crippen LogP contribution in [0.25, 0.3) is 0 Å². The first-order chi connectivity index (χ1) is 4.45. The Bertz CT molecular complexity index is 89.5. The summed E-state index contributed by atoms with van der Waals surface area (Å²) in [6, 6.07) is 0. The number of alkyl halides is 3. The van der Waals surface area contributed by atoms with Crippen LogP contribution in [0, 0.1) is 0 Å². The van der Waals surface area contributed by atoms with E-state index in [0.717, 1.165) is 18.2 Å². The van der Waals surface area contributed by atoms with Crippen LogP contribution in [0.15, 0.2) is 0 Å². The highest BCUT2D eigenvalue weighted by atomic mass is 32.2. The van der Waals surface area contributed by atoms with Gasteiger partial charge < -0.3 is 0 Å². The standard InChI is InChI=1S/C6H11F3S/c1-3-5(2)10-4-6(7,8)9/h5H,3-4H2,1-2H3. The SMILES string of the molecule is CCC(C)SCC(F)(F)F. The van der Waals surface area contributed by atoms with Crippen molar-refractivity contribution in [2.75, 3.05) is 5.75 Å². The molecule has 0 aliphatic rings. The third kappa shape index (κ3) is 6.26. The summed E-state index contributed by atoms with van der Waals surface area (Å²) in [7, 11) is 0. The first-order valence-corrected chi connectivity index (χ1v) is 4.19. The van der Waals surface area contributed by atoms with Gasteiger partial charge in [-0.1, -0.05) is 13.8 Å². The van der Waals surface area contributed by atoms with Gasteiger partial charge in [0.15, 0.2) is 0 Å². The lowest BCUT2D eigenvalue weighted by atomic mass is 10.4. The van der Waals surface area contributed by atoms with Crippen LogP contribution in [0.4, 0.5) is 13.2 Å². The highest BCUT2D eigenvalue weighted by Gasteiger charge is 2.27. The fraction of sp³-hybridized carbons (Fsp3) is 1.00. The molecule has 62 valence electrons. The Morgan fingerprint density at radius 2 is 1.90 bits per heavy atom. The number of rotatable bonds is 3. The van der Waals surface area contributed by atoms with Gasteiger partial charge in [-0.15, -0.1) is 11.8 Å². The van der Waals surface area contributed by atoms with Crippen molar-refractivity contribution in [3.05, 3.63) is 0 Å². The zero-order valence-electron chi connectivity index (χ0n) is 6.03. The Kier molecular flexibility index (Phi) is 4.17. The molecular formula is C6H11F3S. The summed E-state index contributed by atoms with van der Waals surface area (Å²) in [6.07, 6.45) is -3.21. The van der Waals surface area contributed by atoms with Crippen LogP contribution in [-0.2, 0) is 0 Å². The number of hydrogen-bond acceptors (Lipinski definition) is 1. The molecule has 0 fully saturated rings. The molecule has 0 rings (SSSR count). The van der Waals surface area contributed by atoms with Gasteiger partial charge in [-0.3, -0.25) is 0 Å². The van der Waals surface area contributed by atoms with E-state index in [1.165, 1.54) is 0 Å². The summed E-state index contributed by atoms with van der Waals surface area (Å²) in [5.74, 6) is -0.720. The predicted molar refractivity (Wildman–Crippen MR) is 38.3 cm³/mol. The van der Waals surface area contributed by atoms with Gasteiger partial charge in [-0.05, 0) is 6.42 Å². The minimum atomic E-state index is -4.01. The Morgan fingerprint density at radius 1 is 1.40 bits per heavy atom. The molecule has 0 heterocycles. The normalized spacial score (nSPS) is 15.3. The molecule has 4 heteroatoms. The molecule has 0 spiro atoms. The van der Waals surface area contributed by atoms with Crippen molar-refractivity contribution in [2.24, 2.45) is 0 Å². The van der Waals surface area contributed by atoms with Crippen LogP contribution in [0.1, 0.15) is 20.3 Å². The Morgan fingerprint density at radius 3 is 2.20 bits per heavy atom. The molecule has 0 bridgehead atoms. The highest BCUT2D eigenvalue weighted by molar-refractivity contribution is 7.99. The molecule has 0 N–H and O–H groups in total. The van der Waals surface area contributed by atoms with E-state index in [0.29, 0.717) is 0 Å². The summed E-state index contributed by atoms with van der Waals surface area (Å²) in [5.41, 5.74) is 0.